The Morgan fingerprint density at radius 3 is 1.65 bits per heavy atom. The van der Waals surface area contributed by atoms with Gasteiger partial charge in [-0.15, -0.1) is 0 Å². The van der Waals surface area contributed by atoms with Crippen molar-refractivity contribution < 1.29 is 19.8 Å². The molecule has 2 aliphatic rings. The van der Waals surface area contributed by atoms with E-state index in [0.29, 0.717) is 11.1 Å². The van der Waals surface area contributed by atoms with Gasteiger partial charge in [0.2, 0.25) is 11.8 Å². The van der Waals surface area contributed by atoms with E-state index in [9.17, 15) is 19.8 Å². The Bertz CT molecular complexity index is 982. The minimum atomic E-state index is -0.989. The van der Waals surface area contributed by atoms with E-state index < -0.39 is 24.3 Å². The molecule has 0 aliphatic carbocycles. The van der Waals surface area contributed by atoms with Gasteiger partial charge in [-0.3, -0.25) is 19.6 Å². The molecule has 40 heavy (non-hydrogen) atoms. The van der Waals surface area contributed by atoms with Gasteiger partial charge in [-0.1, -0.05) is 33.3 Å². The summed E-state index contributed by atoms with van der Waals surface area (Å²) in [4.78, 5) is 35.4. The number of aliphatic hydroxyl groups excluding tert-OH is 2. The average Bonchev–Trinajstić information content (AvgIpc) is 3.56. The molecule has 4 atom stereocenters. The number of aliphatic hydroxyl groups is 2. The number of piperidine rings is 1. The smallest absolute Gasteiger partial charge is 0.242 e. The van der Waals surface area contributed by atoms with Crippen LogP contribution in [-0.2, 0) is 9.59 Å². The molecule has 10 nitrogen and oxygen atoms in total. The molecule has 0 spiro atoms. The van der Waals surface area contributed by atoms with E-state index in [1.807, 2.05) is 0 Å². The number of nitrogens with zero attached hydrogens (tertiary/aromatic N) is 4. The zero-order valence-corrected chi connectivity index (χ0v) is 24.2. The highest BCUT2D eigenvalue weighted by atomic mass is 16.3. The Kier molecular flexibility index (Phi) is 14.7. The number of likely N-dealkylation sites (tertiary alicyclic amines) is 2. The maximum absolute atomic E-state index is 12.1. The standard InChI is InChI=1S/C13H19N3O2.C12H17N3O2.C5H12/c14-11(12(17)10-4-6-15-7-5-10)13(18)16-8-2-1-3-9-16;13-10(12(17)15-6-1-2-7-15)11(16)9-4-3-5-14-8-9;1-4-5(2)3/h4-7,11-12,17H,1-3,8-9,14H2;3-5,8,10-11,16H,1-2,6-7,13H2;5H,4H2,1-3H3/t11-,12+;10-,11+;/m11./s1. The summed E-state index contributed by atoms with van der Waals surface area (Å²) < 4.78 is 0. The molecule has 0 unspecified atom stereocenters. The predicted octanol–water partition coefficient (Wildman–Crippen LogP) is 2.57. The van der Waals surface area contributed by atoms with Crippen LogP contribution in [0.15, 0.2) is 49.1 Å². The van der Waals surface area contributed by atoms with Crippen molar-refractivity contribution in [3.05, 3.63) is 60.2 Å². The van der Waals surface area contributed by atoms with Crippen LogP contribution in [0.1, 0.15) is 82.6 Å². The summed E-state index contributed by atoms with van der Waals surface area (Å²) >= 11 is 0. The summed E-state index contributed by atoms with van der Waals surface area (Å²) in [5, 5.41) is 20.1. The second-order valence-electron chi connectivity index (χ2n) is 10.7. The number of carbonyl (C=O) groups is 2. The van der Waals surface area contributed by atoms with E-state index >= 15 is 0 Å². The van der Waals surface area contributed by atoms with Crippen molar-refractivity contribution in [2.45, 2.75) is 83.6 Å². The summed E-state index contributed by atoms with van der Waals surface area (Å²) in [6.45, 7) is 9.62. The summed E-state index contributed by atoms with van der Waals surface area (Å²) in [6.07, 6.45) is 10.9. The lowest BCUT2D eigenvalue weighted by Crippen LogP contribution is -2.48. The highest BCUT2D eigenvalue weighted by Gasteiger charge is 2.30. The van der Waals surface area contributed by atoms with Crippen LogP contribution in [0, 0.1) is 5.92 Å². The maximum Gasteiger partial charge on any atom is 0.242 e. The Morgan fingerprint density at radius 2 is 1.23 bits per heavy atom. The molecule has 222 valence electrons. The van der Waals surface area contributed by atoms with Gasteiger partial charge in [-0.25, -0.2) is 0 Å². The van der Waals surface area contributed by atoms with Crippen LogP contribution >= 0.6 is 0 Å². The summed E-state index contributed by atoms with van der Waals surface area (Å²) in [6, 6.07) is 4.98. The number of nitrogens with two attached hydrogens (primary N) is 2. The Morgan fingerprint density at radius 1 is 0.775 bits per heavy atom. The molecule has 0 aromatic carbocycles. The van der Waals surface area contributed by atoms with Gasteiger partial charge in [0.1, 0.15) is 24.3 Å². The van der Waals surface area contributed by atoms with Crippen LogP contribution in [0.25, 0.3) is 0 Å². The topological polar surface area (TPSA) is 159 Å². The Hall–Kier alpha value is -2.92. The van der Waals surface area contributed by atoms with Crippen LogP contribution in [-0.4, -0.2) is 80.1 Å². The minimum Gasteiger partial charge on any atom is -0.386 e. The van der Waals surface area contributed by atoms with Gasteiger partial charge in [-0.2, -0.15) is 0 Å². The lowest BCUT2D eigenvalue weighted by molar-refractivity contribution is -0.136. The predicted molar refractivity (Wildman–Crippen MR) is 156 cm³/mol. The van der Waals surface area contributed by atoms with Crippen LogP contribution < -0.4 is 11.5 Å². The van der Waals surface area contributed by atoms with Crippen LogP contribution in [0.4, 0.5) is 0 Å². The molecule has 6 N–H and O–H groups in total. The van der Waals surface area contributed by atoms with Gasteiger partial charge in [0.15, 0.2) is 0 Å². The third kappa shape index (κ3) is 10.6. The molecule has 2 aromatic heterocycles. The highest BCUT2D eigenvalue weighted by Crippen LogP contribution is 2.19. The monoisotopic (exact) mass is 556 g/mol. The number of hydrogen-bond acceptors (Lipinski definition) is 8. The van der Waals surface area contributed by atoms with Crippen molar-refractivity contribution >= 4 is 11.8 Å². The Labute approximate surface area is 238 Å². The van der Waals surface area contributed by atoms with Gasteiger partial charge in [0.25, 0.3) is 0 Å². The molecule has 2 aromatic rings. The van der Waals surface area contributed by atoms with Gasteiger partial charge in [-0.05, 0) is 61.8 Å². The molecule has 10 heteroatoms. The SMILES string of the molecule is CCC(C)C.N[C@@H](C(=O)N1CCCC1)[C@@H](O)c1cccnc1.N[C@@H](C(=O)N1CCCCC1)[C@@H](O)c1ccncc1. The lowest BCUT2D eigenvalue weighted by Gasteiger charge is -2.30. The van der Waals surface area contributed by atoms with Crippen molar-refractivity contribution in [1.29, 1.82) is 0 Å². The molecule has 4 heterocycles. The molecule has 2 saturated heterocycles. The molecule has 2 amide bonds. The summed E-state index contributed by atoms with van der Waals surface area (Å²) in [5.74, 6) is 0.535. The average molecular weight is 557 g/mol. The molecule has 2 aliphatic heterocycles. The fourth-order valence-corrected chi connectivity index (χ4v) is 4.27. The first-order valence-corrected chi connectivity index (χ1v) is 14.4. The zero-order chi connectivity index (χ0) is 29.5. The highest BCUT2D eigenvalue weighted by molar-refractivity contribution is 5.83. The van der Waals surface area contributed by atoms with E-state index in [1.54, 1.807) is 52.7 Å². The number of aromatic nitrogens is 2. The first-order valence-electron chi connectivity index (χ1n) is 14.4. The fourth-order valence-electron chi connectivity index (χ4n) is 4.27. The second-order valence-corrected chi connectivity index (χ2v) is 10.7. The first kappa shape index (κ1) is 33.3. The largest absolute Gasteiger partial charge is 0.386 e. The molecule has 4 rings (SSSR count). The fraction of sp³-hybridized carbons (Fsp3) is 0.600. The van der Waals surface area contributed by atoms with Crippen molar-refractivity contribution in [3.63, 3.8) is 0 Å². The van der Waals surface area contributed by atoms with Gasteiger partial charge in [0, 0.05) is 56.5 Å². The van der Waals surface area contributed by atoms with Crippen LogP contribution in [0.2, 0.25) is 0 Å². The van der Waals surface area contributed by atoms with Crippen molar-refractivity contribution in [3.8, 4) is 0 Å². The number of rotatable bonds is 7. The summed E-state index contributed by atoms with van der Waals surface area (Å²) in [5.41, 5.74) is 12.9. The van der Waals surface area contributed by atoms with Crippen LogP contribution in [0.5, 0.6) is 0 Å². The van der Waals surface area contributed by atoms with Crippen molar-refractivity contribution in [2.24, 2.45) is 17.4 Å². The van der Waals surface area contributed by atoms with Gasteiger partial charge in [0.05, 0.1) is 0 Å². The van der Waals surface area contributed by atoms with E-state index in [2.05, 4.69) is 30.7 Å². The Balaban J connectivity index is 0.000000241. The third-order valence-electron chi connectivity index (χ3n) is 7.23. The van der Waals surface area contributed by atoms with E-state index in [1.165, 1.54) is 12.6 Å². The lowest BCUT2D eigenvalue weighted by atomic mass is 10.0. The number of pyridine rings is 2. The molecule has 2 fully saturated rings. The molecular formula is C30H48N6O4. The molecule has 0 radical (unpaired) electrons. The quantitative estimate of drug-likeness (QED) is 0.405. The van der Waals surface area contributed by atoms with Gasteiger partial charge >= 0.3 is 0 Å². The minimum absolute atomic E-state index is 0.168. The first-order chi connectivity index (χ1) is 19.2. The molecule has 0 saturated carbocycles. The third-order valence-corrected chi connectivity index (χ3v) is 7.23. The van der Waals surface area contributed by atoms with E-state index in [0.717, 1.165) is 64.2 Å². The number of carbonyl (C=O) groups excluding carboxylic acids is 2. The second kappa shape index (κ2) is 17.7. The molecule has 0 bridgehead atoms. The van der Waals surface area contributed by atoms with Crippen LogP contribution in [0.3, 0.4) is 0 Å². The maximum atomic E-state index is 12.1. The summed E-state index contributed by atoms with van der Waals surface area (Å²) in [7, 11) is 0. The van der Waals surface area contributed by atoms with Crippen molar-refractivity contribution in [1.82, 2.24) is 19.8 Å². The number of hydrogen-bond donors (Lipinski definition) is 4. The van der Waals surface area contributed by atoms with E-state index in [4.69, 9.17) is 11.5 Å². The van der Waals surface area contributed by atoms with Crippen molar-refractivity contribution in [2.75, 3.05) is 26.2 Å². The zero-order valence-electron chi connectivity index (χ0n) is 24.2. The molecular weight excluding hydrogens is 508 g/mol. The normalized spacial score (nSPS) is 18.0. The number of amides is 2. The van der Waals surface area contributed by atoms with Gasteiger partial charge < -0.3 is 31.5 Å². The van der Waals surface area contributed by atoms with E-state index in [-0.39, 0.29) is 11.8 Å².